The van der Waals surface area contributed by atoms with Crippen LogP contribution in [0.5, 0.6) is 0 Å². The van der Waals surface area contributed by atoms with Gasteiger partial charge in [0.25, 0.3) is 0 Å². The first-order chi connectivity index (χ1) is 6.70. The molecule has 0 saturated heterocycles. The second-order valence-corrected chi connectivity index (χ2v) is 4.99. The molecule has 0 aromatic rings. The molecule has 0 saturated carbocycles. The fourth-order valence-electron chi connectivity index (χ4n) is 1.02. The van der Waals surface area contributed by atoms with Crippen LogP contribution in [0.3, 0.4) is 0 Å². The van der Waals surface area contributed by atoms with Gasteiger partial charge in [0.2, 0.25) is 0 Å². The lowest BCUT2D eigenvalue weighted by Gasteiger charge is -2.09. The highest BCUT2D eigenvalue weighted by Crippen LogP contribution is 2.13. The van der Waals surface area contributed by atoms with Crippen molar-refractivity contribution in [1.82, 2.24) is 5.32 Å². The van der Waals surface area contributed by atoms with Crippen molar-refractivity contribution in [3.63, 3.8) is 0 Å². The summed E-state index contributed by atoms with van der Waals surface area (Å²) in [6.07, 6.45) is 2.49. The quantitative estimate of drug-likeness (QED) is 0.468. The Balaban J connectivity index is 3.26. The van der Waals surface area contributed by atoms with E-state index in [1.54, 1.807) is 0 Å². The third kappa shape index (κ3) is 8.64. The molecule has 1 nitrogen and oxygen atoms in total. The van der Waals surface area contributed by atoms with Crippen LogP contribution in [0, 0.1) is 5.92 Å². The van der Waals surface area contributed by atoms with Crippen LogP contribution in [0.15, 0.2) is 12.2 Å². The number of hydrogen-bond acceptors (Lipinski definition) is 2. The monoisotopic (exact) mass is 215 g/mol. The Bertz CT molecular complexity index is 145. The molecule has 0 aromatic heterocycles. The minimum atomic E-state index is 0.844. The molecular formula is C12H25NS. The molecule has 0 aromatic carbocycles. The Morgan fingerprint density at radius 2 is 2.14 bits per heavy atom. The van der Waals surface area contributed by atoms with E-state index in [-0.39, 0.29) is 0 Å². The summed E-state index contributed by atoms with van der Waals surface area (Å²) in [6, 6.07) is 0. The molecule has 1 atom stereocenters. The van der Waals surface area contributed by atoms with E-state index in [4.69, 9.17) is 0 Å². The fraction of sp³-hybridized carbons (Fsp3) is 0.833. The van der Waals surface area contributed by atoms with Crippen LogP contribution in [-0.4, -0.2) is 24.6 Å². The Hall–Kier alpha value is 0.0500. The molecule has 0 aliphatic carbocycles. The molecule has 0 rings (SSSR count). The van der Waals surface area contributed by atoms with E-state index in [0.29, 0.717) is 0 Å². The van der Waals surface area contributed by atoms with Crippen LogP contribution in [0.1, 0.15) is 33.6 Å². The molecule has 0 spiro atoms. The Morgan fingerprint density at radius 3 is 2.71 bits per heavy atom. The molecule has 0 heterocycles. The van der Waals surface area contributed by atoms with Crippen LogP contribution < -0.4 is 5.32 Å². The van der Waals surface area contributed by atoms with Gasteiger partial charge in [0.15, 0.2) is 0 Å². The van der Waals surface area contributed by atoms with E-state index in [9.17, 15) is 0 Å². The summed E-state index contributed by atoms with van der Waals surface area (Å²) in [6.45, 7) is 12.9. The maximum absolute atomic E-state index is 4.07. The molecule has 0 bridgehead atoms. The molecule has 2 heteroatoms. The van der Waals surface area contributed by atoms with E-state index in [0.717, 1.165) is 24.8 Å². The predicted octanol–water partition coefficient (Wildman–Crippen LogP) is 3.32. The fourth-order valence-corrected chi connectivity index (χ4v) is 2.16. The lowest BCUT2D eigenvalue weighted by molar-refractivity contribution is 0.637. The molecule has 0 radical (unpaired) electrons. The van der Waals surface area contributed by atoms with Crippen LogP contribution in [0.2, 0.25) is 0 Å². The summed E-state index contributed by atoms with van der Waals surface area (Å²) in [5.74, 6) is 3.22. The van der Waals surface area contributed by atoms with Gasteiger partial charge in [-0.2, -0.15) is 11.8 Å². The Kier molecular flexibility index (Phi) is 9.63. The van der Waals surface area contributed by atoms with E-state index in [2.05, 4.69) is 32.7 Å². The smallest absolute Gasteiger partial charge is 0.0170 e. The zero-order valence-corrected chi connectivity index (χ0v) is 10.8. The Labute approximate surface area is 93.7 Å². The third-order valence-corrected chi connectivity index (χ3v) is 3.62. The number of hydrogen-bond donors (Lipinski definition) is 1. The average molecular weight is 215 g/mol. The lowest BCUT2D eigenvalue weighted by Crippen LogP contribution is -2.18. The van der Waals surface area contributed by atoms with Crippen LogP contribution in [0.4, 0.5) is 0 Å². The standard InChI is InChI=1S/C12H25NS/c1-5-7-13-8-12(4)10-14-9-11(3)6-2/h11,13H,4-10H2,1-3H3. The minimum Gasteiger partial charge on any atom is -0.313 e. The number of nitrogens with one attached hydrogen (secondary N) is 1. The highest BCUT2D eigenvalue weighted by atomic mass is 32.2. The van der Waals surface area contributed by atoms with E-state index in [1.807, 2.05) is 11.8 Å². The van der Waals surface area contributed by atoms with Gasteiger partial charge in [-0.25, -0.2) is 0 Å². The van der Waals surface area contributed by atoms with Gasteiger partial charge in [-0.15, -0.1) is 0 Å². The van der Waals surface area contributed by atoms with Gasteiger partial charge in [0.1, 0.15) is 0 Å². The van der Waals surface area contributed by atoms with E-state index < -0.39 is 0 Å². The predicted molar refractivity (Wildman–Crippen MR) is 69.1 cm³/mol. The minimum absolute atomic E-state index is 0.844. The van der Waals surface area contributed by atoms with Crippen LogP contribution in [-0.2, 0) is 0 Å². The van der Waals surface area contributed by atoms with Gasteiger partial charge < -0.3 is 5.32 Å². The van der Waals surface area contributed by atoms with Gasteiger partial charge in [0, 0.05) is 12.3 Å². The highest BCUT2D eigenvalue weighted by molar-refractivity contribution is 7.99. The van der Waals surface area contributed by atoms with Gasteiger partial charge in [-0.05, 0) is 24.6 Å². The van der Waals surface area contributed by atoms with E-state index in [1.165, 1.54) is 24.2 Å². The summed E-state index contributed by atoms with van der Waals surface area (Å²) < 4.78 is 0. The molecule has 14 heavy (non-hydrogen) atoms. The summed E-state index contributed by atoms with van der Waals surface area (Å²) >= 11 is 2.01. The van der Waals surface area contributed by atoms with Crippen molar-refractivity contribution in [2.75, 3.05) is 24.6 Å². The van der Waals surface area contributed by atoms with E-state index >= 15 is 0 Å². The van der Waals surface area contributed by atoms with Crippen molar-refractivity contribution >= 4 is 11.8 Å². The first kappa shape index (κ1) is 14.1. The first-order valence-corrected chi connectivity index (χ1v) is 6.81. The van der Waals surface area contributed by atoms with Gasteiger partial charge in [0.05, 0.1) is 0 Å². The first-order valence-electron chi connectivity index (χ1n) is 5.65. The summed E-state index contributed by atoms with van der Waals surface area (Å²) in [5, 5.41) is 3.37. The van der Waals surface area contributed by atoms with Crippen molar-refractivity contribution in [2.24, 2.45) is 5.92 Å². The topological polar surface area (TPSA) is 12.0 Å². The summed E-state index contributed by atoms with van der Waals surface area (Å²) in [5.41, 5.74) is 1.33. The third-order valence-electron chi connectivity index (χ3n) is 2.21. The largest absolute Gasteiger partial charge is 0.313 e. The van der Waals surface area contributed by atoms with Gasteiger partial charge in [-0.1, -0.05) is 39.3 Å². The van der Waals surface area contributed by atoms with Crippen molar-refractivity contribution in [3.8, 4) is 0 Å². The van der Waals surface area contributed by atoms with Gasteiger partial charge in [-0.3, -0.25) is 0 Å². The average Bonchev–Trinajstić information content (AvgIpc) is 2.18. The summed E-state index contributed by atoms with van der Waals surface area (Å²) in [7, 11) is 0. The van der Waals surface area contributed by atoms with Crippen LogP contribution >= 0.6 is 11.8 Å². The zero-order valence-electron chi connectivity index (χ0n) is 9.94. The van der Waals surface area contributed by atoms with Crippen molar-refractivity contribution in [3.05, 3.63) is 12.2 Å². The number of thioether (sulfide) groups is 1. The molecule has 0 aliphatic rings. The van der Waals surface area contributed by atoms with Crippen LogP contribution in [0.25, 0.3) is 0 Å². The molecule has 1 unspecified atom stereocenters. The van der Waals surface area contributed by atoms with Crippen molar-refractivity contribution in [2.45, 2.75) is 33.6 Å². The second kappa shape index (κ2) is 9.60. The molecular weight excluding hydrogens is 190 g/mol. The summed E-state index contributed by atoms with van der Waals surface area (Å²) in [4.78, 5) is 0. The normalized spacial score (nSPS) is 12.8. The number of rotatable bonds is 9. The maximum Gasteiger partial charge on any atom is 0.0170 e. The highest BCUT2D eigenvalue weighted by Gasteiger charge is 1.99. The SMILES string of the molecule is C=C(CNCCC)CSCC(C)CC. The van der Waals surface area contributed by atoms with Gasteiger partial charge >= 0.3 is 0 Å². The van der Waals surface area contributed by atoms with Crippen molar-refractivity contribution in [1.29, 1.82) is 0 Å². The maximum atomic E-state index is 4.07. The van der Waals surface area contributed by atoms with Crippen molar-refractivity contribution < 1.29 is 0 Å². The zero-order chi connectivity index (χ0) is 10.8. The molecule has 84 valence electrons. The molecule has 0 fully saturated rings. The molecule has 0 aliphatic heterocycles. The molecule has 1 N–H and O–H groups in total. The lowest BCUT2D eigenvalue weighted by atomic mass is 10.2. The Morgan fingerprint density at radius 1 is 1.43 bits per heavy atom. The second-order valence-electron chi connectivity index (χ2n) is 3.96. The molecule has 0 amide bonds.